The van der Waals surface area contributed by atoms with Crippen LogP contribution in [0.3, 0.4) is 0 Å². The van der Waals surface area contributed by atoms with Crippen molar-refractivity contribution in [2.75, 3.05) is 39.6 Å². The van der Waals surface area contributed by atoms with Gasteiger partial charge in [0.15, 0.2) is 0 Å². The lowest BCUT2D eigenvalue weighted by molar-refractivity contribution is -0.262. The zero-order valence-corrected chi connectivity index (χ0v) is 23.6. The average molecular weight is 582 g/mol. The predicted molar refractivity (Wildman–Crippen MR) is 147 cm³/mol. The van der Waals surface area contributed by atoms with E-state index in [9.17, 15) is 27.9 Å². The van der Waals surface area contributed by atoms with Crippen LogP contribution in [-0.4, -0.2) is 73.2 Å². The Morgan fingerprint density at radius 1 is 1.07 bits per heavy atom. The second kappa shape index (κ2) is 11.5. The number of benzene rings is 2. The lowest BCUT2D eigenvalue weighted by Gasteiger charge is -2.47. The van der Waals surface area contributed by atoms with Gasteiger partial charge in [-0.3, -0.25) is 9.59 Å². The standard InChI is InChI=1S/C29H35ClF3N3O4/c1-35(2)25(37)23-8-7-21(18-24(23)30)34-20-9-11-27(12-10-20)13-15-36(16-14-27)26(38)28(39,29(31,32)33)19-5-4-6-22(17-19)40-3/h4-8,17-18,20,34,39H,9-16H2,1-3H3/t28-/m1/s1. The molecule has 40 heavy (non-hydrogen) atoms. The predicted octanol–water partition coefficient (Wildman–Crippen LogP) is 5.46. The highest BCUT2D eigenvalue weighted by Crippen LogP contribution is 2.47. The van der Waals surface area contributed by atoms with Gasteiger partial charge in [0.1, 0.15) is 5.75 Å². The number of carbonyl (C=O) groups excluding carboxylic acids is 2. The third-order valence-corrected chi connectivity index (χ3v) is 8.65. The molecule has 1 atom stereocenters. The number of nitrogens with zero attached hydrogens (tertiary/aromatic N) is 2. The van der Waals surface area contributed by atoms with E-state index >= 15 is 0 Å². The minimum atomic E-state index is -5.20. The largest absolute Gasteiger partial charge is 0.497 e. The molecule has 218 valence electrons. The molecule has 2 aliphatic rings. The Bertz CT molecular complexity index is 1240. The topological polar surface area (TPSA) is 82.1 Å². The zero-order chi connectivity index (χ0) is 29.3. The first kappa shape index (κ1) is 30.0. The number of ether oxygens (including phenoxy) is 1. The minimum Gasteiger partial charge on any atom is -0.497 e. The molecule has 1 saturated carbocycles. The van der Waals surface area contributed by atoms with Gasteiger partial charge in [0.25, 0.3) is 17.4 Å². The van der Waals surface area contributed by atoms with Crippen LogP contribution in [0, 0.1) is 5.41 Å². The summed E-state index contributed by atoms with van der Waals surface area (Å²) in [6, 6.07) is 10.4. The number of amides is 2. The van der Waals surface area contributed by atoms with E-state index in [1.165, 1.54) is 24.1 Å². The summed E-state index contributed by atoms with van der Waals surface area (Å²) in [6.45, 7) is 0.298. The molecule has 0 radical (unpaired) electrons. The van der Waals surface area contributed by atoms with E-state index in [0.717, 1.165) is 48.4 Å². The molecule has 11 heteroatoms. The molecule has 2 fully saturated rings. The van der Waals surface area contributed by atoms with Crippen molar-refractivity contribution in [2.45, 2.75) is 56.3 Å². The maximum absolute atomic E-state index is 14.2. The Kier molecular flexibility index (Phi) is 8.61. The molecule has 1 aliphatic heterocycles. The van der Waals surface area contributed by atoms with Crippen molar-refractivity contribution in [3.63, 3.8) is 0 Å². The smallest absolute Gasteiger partial charge is 0.430 e. The molecule has 1 saturated heterocycles. The quantitative estimate of drug-likeness (QED) is 0.473. The number of likely N-dealkylation sites (tertiary alicyclic amines) is 1. The molecule has 2 aromatic rings. The van der Waals surface area contributed by atoms with E-state index in [2.05, 4.69) is 5.32 Å². The monoisotopic (exact) mass is 581 g/mol. The first-order valence-electron chi connectivity index (χ1n) is 13.3. The van der Waals surface area contributed by atoms with Gasteiger partial charge in [0.2, 0.25) is 0 Å². The molecule has 0 bridgehead atoms. The van der Waals surface area contributed by atoms with Crippen LogP contribution in [0.5, 0.6) is 5.75 Å². The minimum absolute atomic E-state index is 0.0547. The van der Waals surface area contributed by atoms with Crippen LogP contribution in [0.4, 0.5) is 18.9 Å². The summed E-state index contributed by atoms with van der Waals surface area (Å²) in [5.74, 6) is -1.40. The summed E-state index contributed by atoms with van der Waals surface area (Å²) < 4.78 is 47.5. The van der Waals surface area contributed by atoms with E-state index in [0.29, 0.717) is 23.4 Å². The summed E-state index contributed by atoms with van der Waals surface area (Å²) in [7, 11) is 4.64. The lowest BCUT2D eigenvalue weighted by atomic mass is 9.66. The fraction of sp³-hybridized carbons (Fsp3) is 0.517. The van der Waals surface area contributed by atoms with Crippen molar-refractivity contribution in [2.24, 2.45) is 5.41 Å². The SMILES string of the molecule is COc1cccc([C@@](O)(C(=O)N2CCC3(CCC(Nc4ccc(C(=O)N(C)C)c(Cl)c4)CC3)CC2)C(F)(F)F)c1. The number of hydrogen-bond acceptors (Lipinski definition) is 5. The van der Waals surface area contributed by atoms with Gasteiger partial charge in [-0.1, -0.05) is 23.7 Å². The molecular weight excluding hydrogens is 547 g/mol. The van der Waals surface area contributed by atoms with E-state index in [-0.39, 0.29) is 36.2 Å². The summed E-state index contributed by atoms with van der Waals surface area (Å²) in [5.41, 5.74) is -3.01. The van der Waals surface area contributed by atoms with Gasteiger partial charge in [-0.2, -0.15) is 13.2 Å². The average Bonchev–Trinajstić information content (AvgIpc) is 2.93. The molecule has 2 amide bonds. The Morgan fingerprint density at radius 2 is 1.73 bits per heavy atom. The van der Waals surface area contributed by atoms with Crippen molar-refractivity contribution in [1.29, 1.82) is 0 Å². The number of hydrogen-bond donors (Lipinski definition) is 2. The summed E-state index contributed by atoms with van der Waals surface area (Å²) in [4.78, 5) is 28.0. The molecule has 0 unspecified atom stereocenters. The van der Waals surface area contributed by atoms with E-state index < -0.39 is 23.2 Å². The molecular formula is C29H35ClF3N3O4. The maximum atomic E-state index is 14.2. The van der Waals surface area contributed by atoms with E-state index in [4.69, 9.17) is 16.3 Å². The Morgan fingerprint density at radius 3 is 2.27 bits per heavy atom. The van der Waals surface area contributed by atoms with Gasteiger partial charge in [-0.05, 0) is 74.3 Å². The summed E-state index contributed by atoms with van der Waals surface area (Å²) in [5, 5.41) is 14.7. The van der Waals surface area contributed by atoms with Crippen LogP contribution in [-0.2, 0) is 10.4 Å². The van der Waals surface area contributed by atoms with Crippen LogP contribution in [0.1, 0.15) is 54.4 Å². The highest BCUT2D eigenvalue weighted by molar-refractivity contribution is 6.34. The molecule has 2 N–H and O–H groups in total. The molecule has 1 aliphatic carbocycles. The van der Waals surface area contributed by atoms with Crippen LogP contribution >= 0.6 is 11.6 Å². The molecule has 2 aromatic carbocycles. The molecule has 7 nitrogen and oxygen atoms in total. The number of rotatable bonds is 6. The van der Waals surface area contributed by atoms with Crippen molar-refractivity contribution < 1.29 is 32.6 Å². The first-order valence-corrected chi connectivity index (χ1v) is 13.7. The van der Waals surface area contributed by atoms with Gasteiger partial charge in [0, 0.05) is 44.5 Å². The third kappa shape index (κ3) is 5.88. The number of aliphatic hydroxyl groups is 1. The molecule has 1 heterocycles. The van der Waals surface area contributed by atoms with Gasteiger partial charge in [-0.25, -0.2) is 0 Å². The van der Waals surface area contributed by atoms with E-state index in [1.807, 2.05) is 6.07 Å². The highest BCUT2D eigenvalue weighted by Gasteiger charge is 2.62. The summed E-state index contributed by atoms with van der Waals surface area (Å²) >= 11 is 6.34. The van der Waals surface area contributed by atoms with Crippen LogP contribution in [0.25, 0.3) is 0 Å². The van der Waals surface area contributed by atoms with Crippen LogP contribution in [0.15, 0.2) is 42.5 Å². The Hall–Kier alpha value is -2.98. The fourth-order valence-corrected chi connectivity index (χ4v) is 6.06. The lowest BCUT2D eigenvalue weighted by Crippen LogP contribution is -2.58. The van der Waals surface area contributed by atoms with Crippen molar-refractivity contribution >= 4 is 29.1 Å². The van der Waals surface area contributed by atoms with E-state index in [1.54, 1.807) is 26.2 Å². The van der Waals surface area contributed by atoms with Gasteiger partial charge < -0.3 is 25.0 Å². The normalized spacial score (nSPS) is 19.1. The van der Waals surface area contributed by atoms with Gasteiger partial charge >= 0.3 is 6.18 Å². The van der Waals surface area contributed by atoms with Gasteiger partial charge in [0.05, 0.1) is 17.7 Å². The number of carbonyl (C=O) groups is 2. The zero-order valence-electron chi connectivity index (χ0n) is 22.9. The highest BCUT2D eigenvalue weighted by atomic mass is 35.5. The fourth-order valence-electron chi connectivity index (χ4n) is 5.80. The number of anilines is 1. The molecule has 1 spiro atoms. The molecule has 0 aromatic heterocycles. The number of alkyl halides is 3. The van der Waals surface area contributed by atoms with Crippen molar-refractivity contribution in [1.82, 2.24) is 9.80 Å². The Labute approximate surface area is 237 Å². The van der Waals surface area contributed by atoms with Crippen LogP contribution < -0.4 is 10.1 Å². The number of halogens is 4. The van der Waals surface area contributed by atoms with Crippen molar-refractivity contribution in [3.8, 4) is 5.75 Å². The van der Waals surface area contributed by atoms with Crippen molar-refractivity contribution in [3.05, 3.63) is 58.6 Å². The maximum Gasteiger partial charge on any atom is 0.430 e. The van der Waals surface area contributed by atoms with Gasteiger partial charge in [-0.15, -0.1) is 0 Å². The number of nitrogens with one attached hydrogen (secondary N) is 1. The molecule has 4 rings (SSSR count). The Balaban J connectivity index is 1.37. The second-order valence-electron chi connectivity index (χ2n) is 11.0. The second-order valence-corrected chi connectivity index (χ2v) is 11.5. The number of piperidine rings is 1. The first-order chi connectivity index (χ1) is 18.8. The third-order valence-electron chi connectivity index (χ3n) is 8.34. The number of methoxy groups -OCH3 is 1. The summed E-state index contributed by atoms with van der Waals surface area (Å²) in [6.07, 6.45) is -0.583. The van der Waals surface area contributed by atoms with Crippen LogP contribution in [0.2, 0.25) is 5.02 Å².